The molecule has 1 aromatic carbocycles. The Kier molecular flexibility index (Phi) is 4.59. The molecule has 5 heteroatoms. The van der Waals surface area contributed by atoms with Crippen molar-refractivity contribution >= 4 is 11.6 Å². The molecule has 0 aliphatic carbocycles. The van der Waals surface area contributed by atoms with Gasteiger partial charge in [-0.1, -0.05) is 12.1 Å². The number of morpholine rings is 1. The molecule has 0 saturated carbocycles. The smallest absolute Gasteiger partial charge is 0.255 e. The number of carbonyl (C=O) groups excluding carboxylic acids is 1. The van der Waals surface area contributed by atoms with Crippen LogP contribution in [0.1, 0.15) is 23.2 Å². The highest BCUT2D eigenvalue weighted by molar-refractivity contribution is 6.00. The van der Waals surface area contributed by atoms with E-state index < -0.39 is 0 Å². The van der Waals surface area contributed by atoms with Gasteiger partial charge in [-0.3, -0.25) is 4.79 Å². The van der Waals surface area contributed by atoms with E-state index in [0.717, 1.165) is 43.7 Å². The number of rotatable bonds is 2. The van der Waals surface area contributed by atoms with E-state index >= 15 is 0 Å². The summed E-state index contributed by atoms with van der Waals surface area (Å²) in [5, 5.41) is 9.11. The standard InChI is InChI=1S/C17H21N3O2/c18-12-14-4-3-7-20(13-14)17(21)15-5-1-2-6-16(15)19-8-10-22-11-9-19/h1-2,5-6,14H,3-4,7-11,13H2. The van der Waals surface area contributed by atoms with Crippen molar-refractivity contribution in [2.24, 2.45) is 5.92 Å². The lowest BCUT2D eigenvalue weighted by atomic mass is 9.98. The number of carbonyl (C=O) groups is 1. The number of hydrogen-bond acceptors (Lipinski definition) is 4. The van der Waals surface area contributed by atoms with Gasteiger partial charge in [-0.2, -0.15) is 5.26 Å². The van der Waals surface area contributed by atoms with Gasteiger partial charge < -0.3 is 14.5 Å². The van der Waals surface area contributed by atoms with Crippen LogP contribution < -0.4 is 4.90 Å². The Labute approximate surface area is 131 Å². The van der Waals surface area contributed by atoms with Gasteiger partial charge in [0.15, 0.2) is 0 Å². The summed E-state index contributed by atoms with van der Waals surface area (Å²) in [6.45, 7) is 4.31. The average Bonchev–Trinajstić information content (AvgIpc) is 2.62. The number of benzene rings is 1. The number of anilines is 1. The lowest BCUT2D eigenvalue weighted by Gasteiger charge is -2.33. The van der Waals surface area contributed by atoms with Gasteiger partial charge in [-0.15, -0.1) is 0 Å². The molecule has 2 aliphatic heterocycles. The van der Waals surface area contributed by atoms with Crippen LogP contribution in [-0.4, -0.2) is 50.2 Å². The molecule has 2 fully saturated rings. The van der Waals surface area contributed by atoms with Gasteiger partial charge in [0.05, 0.1) is 30.8 Å². The fraction of sp³-hybridized carbons (Fsp3) is 0.529. The molecular formula is C17H21N3O2. The lowest BCUT2D eigenvalue weighted by molar-refractivity contribution is 0.0698. The first-order valence-corrected chi connectivity index (χ1v) is 7.90. The van der Waals surface area contributed by atoms with Crippen molar-refractivity contribution in [3.8, 4) is 6.07 Å². The molecule has 1 aromatic rings. The Hall–Kier alpha value is -2.06. The van der Waals surface area contributed by atoms with Crippen LogP contribution in [0.2, 0.25) is 0 Å². The van der Waals surface area contributed by atoms with Crippen LogP contribution in [0.15, 0.2) is 24.3 Å². The Balaban J connectivity index is 1.81. The predicted octanol–water partition coefficient (Wildman–Crippen LogP) is 1.90. The molecule has 2 heterocycles. The number of ether oxygens (including phenoxy) is 1. The predicted molar refractivity (Wildman–Crippen MR) is 83.7 cm³/mol. The molecule has 0 aromatic heterocycles. The van der Waals surface area contributed by atoms with E-state index in [1.807, 2.05) is 29.2 Å². The number of amides is 1. The van der Waals surface area contributed by atoms with Gasteiger partial charge in [0.2, 0.25) is 0 Å². The molecule has 22 heavy (non-hydrogen) atoms. The van der Waals surface area contributed by atoms with Crippen molar-refractivity contribution in [3.05, 3.63) is 29.8 Å². The van der Waals surface area contributed by atoms with Gasteiger partial charge in [0.1, 0.15) is 0 Å². The maximum Gasteiger partial charge on any atom is 0.255 e. The molecule has 0 radical (unpaired) electrons. The SMILES string of the molecule is N#CC1CCCN(C(=O)c2ccccc2N2CCOCC2)C1. The second-order valence-electron chi connectivity index (χ2n) is 5.84. The molecular weight excluding hydrogens is 278 g/mol. The maximum absolute atomic E-state index is 12.9. The summed E-state index contributed by atoms with van der Waals surface area (Å²) in [5.41, 5.74) is 1.72. The number of nitrogens with zero attached hydrogens (tertiary/aromatic N) is 3. The first kappa shape index (κ1) is 14.9. The molecule has 0 N–H and O–H groups in total. The summed E-state index contributed by atoms with van der Waals surface area (Å²) >= 11 is 0. The normalized spacial score (nSPS) is 22.2. The topological polar surface area (TPSA) is 56.6 Å². The minimum atomic E-state index is -0.0340. The maximum atomic E-state index is 12.9. The van der Waals surface area contributed by atoms with Crippen LogP contribution in [-0.2, 0) is 4.74 Å². The average molecular weight is 299 g/mol. The first-order chi connectivity index (χ1) is 10.8. The first-order valence-electron chi connectivity index (χ1n) is 7.90. The fourth-order valence-electron chi connectivity index (χ4n) is 3.17. The Morgan fingerprint density at radius 3 is 2.77 bits per heavy atom. The Morgan fingerprint density at radius 1 is 1.23 bits per heavy atom. The van der Waals surface area contributed by atoms with Crippen LogP contribution in [0, 0.1) is 17.2 Å². The third-order valence-corrected chi connectivity index (χ3v) is 4.38. The van der Waals surface area contributed by atoms with Crippen LogP contribution >= 0.6 is 0 Å². The van der Waals surface area contributed by atoms with Gasteiger partial charge in [-0.25, -0.2) is 0 Å². The highest BCUT2D eigenvalue weighted by Gasteiger charge is 2.27. The van der Waals surface area contributed by atoms with E-state index in [2.05, 4.69) is 11.0 Å². The second-order valence-corrected chi connectivity index (χ2v) is 5.84. The zero-order valence-electron chi connectivity index (χ0n) is 12.7. The summed E-state index contributed by atoms with van der Waals surface area (Å²) in [6, 6.07) is 10.1. The largest absolute Gasteiger partial charge is 0.378 e. The minimum absolute atomic E-state index is 0.0340. The summed E-state index contributed by atoms with van der Waals surface area (Å²) in [7, 11) is 0. The third-order valence-electron chi connectivity index (χ3n) is 4.38. The van der Waals surface area contributed by atoms with E-state index in [9.17, 15) is 4.79 Å². The highest BCUT2D eigenvalue weighted by Crippen LogP contribution is 2.25. The fourth-order valence-corrected chi connectivity index (χ4v) is 3.17. The number of nitriles is 1. The van der Waals surface area contributed by atoms with Crippen LogP contribution in [0.25, 0.3) is 0 Å². The molecule has 1 amide bonds. The molecule has 0 spiro atoms. The number of hydrogen-bond donors (Lipinski definition) is 0. The van der Waals surface area contributed by atoms with E-state index in [1.165, 1.54) is 0 Å². The zero-order chi connectivity index (χ0) is 15.4. The van der Waals surface area contributed by atoms with Gasteiger partial charge in [0, 0.05) is 31.9 Å². The molecule has 2 saturated heterocycles. The molecule has 5 nitrogen and oxygen atoms in total. The van der Waals surface area contributed by atoms with Crippen molar-refractivity contribution in [2.45, 2.75) is 12.8 Å². The van der Waals surface area contributed by atoms with Crippen LogP contribution in [0.4, 0.5) is 5.69 Å². The third kappa shape index (κ3) is 3.07. The molecule has 2 aliphatic rings. The monoisotopic (exact) mass is 299 g/mol. The quantitative estimate of drug-likeness (QED) is 0.837. The van der Waals surface area contributed by atoms with Gasteiger partial charge in [-0.05, 0) is 25.0 Å². The van der Waals surface area contributed by atoms with Crippen LogP contribution in [0.3, 0.4) is 0 Å². The van der Waals surface area contributed by atoms with Crippen molar-refractivity contribution in [1.29, 1.82) is 5.26 Å². The summed E-state index contributed by atoms with van der Waals surface area (Å²) in [6.07, 6.45) is 1.80. The van der Waals surface area contributed by atoms with Gasteiger partial charge >= 0.3 is 0 Å². The second kappa shape index (κ2) is 6.80. The number of para-hydroxylation sites is 1. The molecule has 0 bridgehead atoms. The lowest BCUT2D eigenvalue weighted by Crippen LogP contribution is -2.41. The van der Waals surface area contributed by atoms with Crippen molar-refractivity contribution in [3.63, 3.8) is 0 Å². The Morgan fingerprint density at radius 2 is 2.00 bits per heavy atom. The zero-order valence-corrected chi connectivity index (χ0v) is 12.7. The molecule has 116 valence electrons. The molecule has 3 rings (SSSR count). The number of likely N-dealkylation sites (tertiary alicyclic amines) is 1. The van der Waals surface area contributed by atoms with E-state index in [-0.39, 0.29) is 11.8 Å². The summed E-state index contributed by atoms with van der Waals surface area (Å²) in [5.74, 6) is 0.00953. The molecule has 1 unspecified atom stereocenters. The van der Waals surface area contributed by atoms with Crippen molar-refractivity contribution in [2.75, 3.05) is 44.3 Å². The van der Waals surface area contributed by atoms with E-state index in [1.54, 1.807) is 0 Å². The molecule has 1 atom stereocenters. The Bertz CT molecular complexity index is 576. The van der Waals surface area contributed by atoms with Gasteiger partial charge in [0.25, 0.3) is 5.91 Å². The minimum Gasteiger partial charge on any atom is -0.378 e. The summed E-state index contributed by atoms with van der Waals surface area (Å²) < 4.78 is 5.39. The van der Waals surface area contributed by atoms with Crippen molar-refractivity contribution in [1.82, 2.24) is 4.90 Å². The van der Waals surface area contributed by atoms with Crippen molar-refractivity contribution < 1.29 is 9.53 Å². The van der Waals surface area contributed by atoms with E-state index in [4.69, 9.17) is 10.00 Å². The van der Waals surface area contributed by atoms with Crippen LogP contribution in [0.5, 0.6) is 0 Å². The number of piperidine rings is 1. The highest BCUT2D eigenvalue weighted by atomic mass is 16.5. The summed E-state index contributed by atoms with van der Waals surface area (Å²) in [4.78, 5) is 16.9. The van der Waals surface area contributed by atoms with E-state index in [0.29, 0.717) is 19.8 Å².